The second-order valence-electron chi connectivity index (χ2n) is 4.54. The molecule has 0 aliphatic heterocycles. The molecule has 0 saturated carbocycles. The molecule has 0 aliphatic rings. The fraction of sp³-hybridized carbons (Fsp3) is 0.357. The Morgan fingerprint density at radius 1 is 1.29 bits per heavy atom. The maximum Gasteiger partial charge on any atom is 0.134 e. The van der Waals surface area contributed by atoms with E-state index in [-0.39, 0.29) is 31.0 Å². The molecule has 2 N–H and O–H groups in total. The Kier molecular flexibility index (Phi) is 5.24. The number of aliphatic hydroxyl groups is 1. The Morgan fingerprint density at radius 3 is 2.52 bits per heavy atom. The molecule has 2 aromatic rings. The van der Waals surface area contributed by atoms with Gasteiger partial charge in [-0.1, -0.05) is 0 Å². The Bertz CT molecular complexity index is 553. The zero-order valence-electron chi connectivity index (χ0n) is 11.6. The minimum atomic E-state index is -0.672. The smallest absolute Gasteiger partial charge is 0.134 e. The van der Waals surface area contributed by atoms with Crippen LogP contribution in [0.3, 0.4) is 0 Å². The summed E-state index contributed by atoms with van der Waals surface area (Å²) >= 11 is 0. The van der Waals surface area contributed by atoms with Gasteiger partial charge in [-0.3, -0.25) is 4.90 Å². The van der Waals surface area contributed by atoms with Gasteiger partial charge < -0.3 is 14.8 Å². The molecule has 1 aromatic carbocycles. The molecule has 2 rings (SSSR count). The van der Waals surface area contributed by atoms with Crippen LogP contribution in [0.1, 0.15) is 11.4 Å². The largest absolute Gasteiger partial charge is 0.497 e. The van der Waals surface area contributed by atoms with E-state index in [0.717, 1.165) is 12.1 Å². The third kappa shape index (κ3) is 3.99. The first-order valence-electron chi connectivity index (χ1n) is 6.47. The summed E-state index contributed by atoms with van der Waals surface area (Å²) in [6.07, 6.45) is 3.27. The lowest BCUT2D eigenvalue weighted by Crippen LogP contribution is -2.27. The molecule has 7 heteroatoms. The Labute approximate surface area is 121 Å². The average Bonchev–Trinajstić information content (AvgIpc) is 2.95. The van der Waals surface area contributed by atoms with Gasteiger partial charge in [0.05, 0.1) is 20.3 Å². The predicted molar refractivity (Wildman–Crippen MR) is 72.7 cm³/mol. The normalized spacial score (nSPS) is 11.1. The van der Waals surface area contributed by atoms with E-state index in [4.69, 9.17) is 9.84 Å². The van der Waals surface area contributed by atoms with Crippen molar-refractivity contribution in [1.82, 2.24) is 14.9 Å². The molecule has 114 valence electrons. The first-order chi connectivity index (χ1) is 10.1. The summed E-state index contributed by atoms with van der Waals surface area (Å²) in [5, 5.41) is 9.08. The summed E-state index contributed by atoms with van der Waals surface area (Å²) in [5.41, 5.74) is -0.0594. The summed E-state index contributed by atoms with van der Waals surface area (Å²) < 4.78 is 32.7. The molecule has 0 spiro atoms. The van der Waals surface area contributed by atoms with Gasteiger partial charge in [-0.25, -0.2) is 13.8 Å². The van der Waals surface area contributed by atoms with E-state index < -0.39 is 11.6 Å². The molecule has 0 saturated heterocycles. The highest BCUT2D eigenvalue weighted by Crippen LogP contribution is 2.22. The van der Waals surface area contributed by atoms with Gasteiger partial charge in [0.15, 0.2) is 0 Å². The van der Waals surface area contributed by atoms with Gasteiger partial charge in [-0.2, -0.15) is 0 Å². The van der Waals surface area contributed by atoms with Crippen molar-refractivity contribution < 1.29 is 18.6 Å². The van der Waals surface area contributed by atoms with Crippen LogP contribution < -0.4 is 4.74 Å². The molecule has 0 radical (unpaired) electrons. The number of aromatic amines is 1. The van der Waals surface area contributed by atoms with Crippen LogP contribution in [0.25, 0.3) is 0 Å². The number of methoxy groups -OCH3 is 1. The zero-order chi connectivity index (χ0) is 15.2. The fourth-order valence-corrected chi connectivity index (χ4v) is 2.02. The third-order valence-electron chi connectivity index (χ3n) is 3.08. The van der Waals surface area contributed by atoms with Crippen LogP contribution in [0.4, 0.5) is 8.78 Å². The minimum absolute atomic E-state index is 0.0307. The lowest BCUT2D eigenvalue weighted by atomic mass is 10.1. The Hall–Kier alpha value is -1.99. The molecular weight excluding hydrogens is 280 g/mol. The number of hydrogen-bond acceptors (Lipinski definition) is 4. The first-order valence-corrected chi connectivity index (χ1v) is 6.47. The highest BCUT2D eigenvalue weighted by atomic mass is 19.1. The quantitative estimate of drug-likeness (QED) is 0.816. The highest BCUT2D eigenvalue weighted by molar-refractivity contribution is 5.30. The molecule has 0 atom stereocenters. The van der Waals surface area contributed by atoms with Crippen molar-refractivity contribution >= 4 is 0 Å². The summed E-state index contributed by atoms with van der Waals surface area (Å²) in [7, 11) is 1.35. The predicted octanol–water partition coefficient (Wildman–Crippen LogP) is 1.69. The summed E-state index contributed by atoms with van der Waals surface area (Å²) in [6, 6.07) is 2.28. The number of hydrogen-bond donors (Lipinski definition) is 2. The molecule has 0 bridgehead atoms. The maximum atomic E-state index is 13.9. The number of nitrogens with zero attached hydrogens (tertiary/aromatic N) is 2. The number of H-pyrrole nitrogens is 1. The van der Waals surface area contributed by atoms with E-state index in [9.17, 15) is 8.78 Å². The van der Waals surface area contributed by atoms with Gasteiger partial charge in [0.25, 0.3) is 0 Å². The number of aliphatic hydroxyl groups excluding tert-OH is 1. The Balaban J connectivity index is 2.16. The van der Waals surface area contributed by atoms with Crippen LogP contribution in [0, 0.1) is 11.6 Å². The second kappa shape index (κ2) is 7.14. The molecule has 5 nitrogen and oxygen atoms in total. The molecule has 0 aliphatic carbocycles. The summed E-state index contributed by atoms with van der Waals surface area (Å²) in [6.45, 7) is 0.563. The van der Waals surface area contributed by atoms with Crippen LogP contribution >= 0.6 is 0 Å². The van der Waals surface area contributed by atoms with Crippen molar-refractivity contribution in [2.75, 3.05) is 20.3 Å². The summed E-state index contributed by atoms with van der Waals surface area (Å²) in [4.78, 5) is 8.68. The van der Waals surface area contributed by atoms with Gasteiger partial charge in [-0.05, 0) is 0 Å². The molecule has 1 aromatic heterocycles. The Morgan fingerprint density at radius 2 is 2.00 bits per heavy atom. The molecule has 0 unspecified atom stereocenters. The van der Waals surface area contributed by atoms with Gasteiger partial charge in [0.2, 0.25) is 0 Å². The monoisotopic (exact) mass is 297 g/mol. The fourth-order valence-electron chi connectivity index (χ4n) is 2.02. The number of halogens is 2. The van der Waals surface area contributed by atoms with Gasteiger partial charge in [0.1, 0.15) is 23.2 Å². The van der Waals surface area contributed by atoms with Crippen LogP contribution in [0.2, 0.25) is 0 Å². The third-order valence-corrected chi connectivity index (χ3v) is 3.08. The molecular formula is C14H17F2N3O2. The minimum Gasteiger partial charge on any atom is -0.497 e. The molecule has 0 amide bonds. The zero-order valence-corrected chi connectivity index (χ0v) is 11.6. The number of rotatable bonds is 7. The van der Waals surface area contributed by atoms with Crippen molar-refractivity contribution in [3.8, 4) is 5.75 Å². The lowest BCUT2D eigenvalue weighted by molar-refractivity contribution is 0.178. The standard InChI is InChI=1S/C14H17F2N3O2/c1-21-10-6-12(15)11(13(16)7-10)8-19(4-5-20)9-14-17-2-3-18-14/h2-3,6-7,20H,4-5,8-9H2,1H3,(H,17,18). The van der Waals surface area contributed by atoms with E-state index in [1.54, 1.807) is 17.3 Å². The van der Waals surface area contributed by atoms with Gasteiger partial charge in [0, 0.05) is 43.2 Å². The number of nitrogens with one attached hydrogen (secondary N) is 1. The van der Waals surface area contributed by atoms with Crippen molar-refractivity contribution in [1.29, 1.82) is 0 Å². The van der Waals surface area contributed by atoms with Crippen LogP contribution in [0.5, 0.6) is 5.75 Å². The van der Waals surface area contributed by atoms with Gasteiger partial charge >= 0.3 is 0 Å². The van der Waals surface area contributed by atoms with Crippen LogP contribution in [-0.2, 0) is 13.1 Å². The average molecular weight is 297 g/mol. The number of benzene rings is 1. The van der Waals surface area contributed by atoms with Crippen molar-refractivity contribution in [2.45, 2.75) is 13.1 Å². The van der Waals surface area contributed by atoms with Gasteiger partial charge in [-0.15, -0.1) is 0 Å². The highest BCUT2D eigenvalue weighted by Gasteiger charge is 2.16. The lowest BCUT2D eigenvalue weighted by Gasteiger charge is -2.21. The molecule has 0 fully saturated rings. The van der Waals surface area contributed by atoms with E-state index in [1.165, 1.54) is 7.11 Å². The van der Waals surface area contributed by atoms with E-state index in [2.05, 4.69) is 9.97 Å². The van der Waals surface area contributed by atoms with E-state index in [1.807, 2.05) is 0 Å². The topological polar surface area (TPSA) is 61.4 Å². The summed E-state index contributed by atoms with van der Waals surface area (Å²) in [5.74, 6) is -0.547. The van der Waals surface area contributed by atoms with Crippen LogP contribution in [-0.4, -0.2) is 40.2 Å². The van der Waals surface area contributed by atoms with E-state index >= 15 is 0 Å². The number of imidazole rings is 1. The maximum absolute atomic E-state index is 13.9. The number of ether oxygens (including phenoxy) is 1. The molecule has 1 heterocycles. The SMILES string of the molecule is COc1cc(F)c(CN(CCO)Cc2ncc[nH]2)c(F)c1. The number of aromatic nitrogens is 2. The van der Waals surface area contributed by atoms with Crippen LogP contribution in [0.15, 0.2) is 24.5 Å². The first kappa shape index (κ1) is 15.4. The molecule has 21 heavy (non-hydrogen) atoms. The van der Waals surface area contributed by atoms with E-state index in [0.29, 0.717) is 12.4 Å². The van der Waals surface area contributed by atoms with Crippen molar-refractivity contribution in [2.24, 2.45) is 0 Å². The van der Waals surface area contributed by atoms with Crippen molar-refractivity contribution in [3.05, 3.63) is 47.5 Å². The second-order valence-corrected chi connectivity index (χ2v) is 4.54. The van der Waals surface area contributed by atoms with Crippen molar-refractivity contribution in [3.63, 3.8) is 0 Å².